The number of amides is 3. The van der Waals surface area contributed by atoms with Crippen LogP contribution in [0.5, 0.6) is 0 Å². The highest BCUT2D eigenvalue weighted by molar-refractivity contribution is 6.04. The average Bonchev–Trinajstić information content (AvgIpc) is 3.04. The molecule has 0 radical (unpaired) electrons. The summed E-state index contributed by atoms with van der Waals surface area (Å²) < 4.78 is 0. The molecule has 28 heavy (non-hydrogen) atoms. The molecule has 2 heterocycles. The molecule has 2 aromatic rings. The molecule has 0 aliphatic carbocycles. The highest BCUT2D eigenvalue weighted by Gasteiger charge is 2.35. The van der Waals surface area contributed by atoms with Crippen LogP contribution in [0.1, 0.15) is 36.3 Å². The van der Waals surface area contributed by atoms with E-state index in [1.807, 2.05) is 32.9 Å². The first-order chi connectivity index (χ1) is 13.3. The number of carbonyl (C=O) groups excluding carboxylic acids is 3. The van der Waals surface area contributed by atoms with E-state index in [1.165, 1.54) is 0 Å². The highest BCUT2D eigenvalue weighted by atomic mass is 16.2. The standard InChI is InChI=1S/C21H24N4O3/c1-13(2)25-12-16(11-19(25)26)21(28)23-17-9-7-15(8-10-17)20(27)24-18-6-4-5-14(3)22-18/h4-10,13,16H,11-12H2,1-3H3,(H,23,28)(H,22,24,27). The first kappa shape index (κ1) is 19.5. The minimum absolute atomic E-state index is 0.00641. The molecule has 7 nitrogen and oxygen atoms in total. The second kappa shape index (κ2) is 8.21. The quantitative estimate of drug-likeness (QED) is 0.834. The van der Waals surface area contributed by atoms with Gasteiger partial charge in [0.05, 0.1) is 5.92 Å². The molecule has 0 spiro atoms. The summed E-state index contributed by atoms with van der Waals surface area (Å²) in [6.07, 6.45) is 0.230. The molecule has 7 heteroatoms. The Kier molecular flexibility index (Phi) is 5.73. The first-order valence-electron chi connectivity index (χ1n) is 9.29. The Morgan fingerprint density at radius 1 is 1.11 bits per heavy atom. The monoisotopic (exact) mass is 380 g/mol. The van der Waals surface area contributed by atoms with Gasteiger partial charge >= 0.3 is 0 Å². The number of carbonyl (C=O) groups is 3. The number of hydrogen-bond donors (Lipinski definition) is 2. The maximum absolute atomic E-state index is 12.4. The second-order valence-electron chi connectivity index (χ2n) is 7.23. The largest absolute Gasteiger partial charge is 0.339 e. The second-order valence-corrected chi connectivity index (χ2v) is 7.23. The minimum Gasteiger partial charge on any atom is -0.339 e. The van der Waals surface area contributed by atoms with E-state index in [9.17, 15) is 14.4 Å². The predicted molar refractivity (Wildman–Crippen MR) is 107 cm³/mol. The molecule has 1 atom stereocenters. The number of hydrogen-bond acceptors (Lipinski definition) is 4. The fourth-order valence-electron chi connectivity index (χ4n) is 3.16. The van der Waals surface area contributed by atoms with Crippen molar-refractivity contribution in [2.45, 2.75) is 33.2 Å². The van der Waals surface area contributed by atoms with Gasteiger partial charge in [0, 0.05) is 36.0 Å². The van der Waals surface area contributed by atoms with Crippen LogP contribution in [0.15, 0.2) is 42.5 Å². The molecule has 1 aliphatic rings. The number of rotatable bonds is 5. The molecule has 1 saturated heterocycles. The van der Waals surface area contributed by atoms with Gasteiger partial charge in [-0.3, -0.25) is 14.4 Å². The fourth-order valence-corrected chi connectivity index (χ4v) is 3.16. The first-order valence-corrected chi connectivity index (χ1v) is 9.29. The molecule has 1 aliphatic heterocycles. The molecule has 1 unspecified atom stereocenters. The van der Waals surface area contributed by atoms with Gasteiger partial charge in [-0.05, 0) is 57.2 Å². The van der Waals surface area contributed by atoms with Crippen molar-refractivity contribution in [2.24, 2.45) is 5.92 Å². The number of benzene rings is 1. The normalized spacial score (nSPS) is 16.4. The van der Waals surface area contributed by atoms with Gasteiger partial charge in [-0.1, -0.05) is 6.07 Å². The Morgan fingerprint density at radius 3 is 2.43 bits per heavy atom. The number of aromatic nitrogens is 1. The van der Waals surface area contributed by atoms with Crippen molar-refractivity contribution in [1.29, 1.82) is 0 Å². The van der Waals surface area contributed by atoms with Gasteiger partial charge in [-0.25, -0.2) is 4.98 Å². The van der Waals surface area contributed by atoms with Crippen LogP contribution in [0.25, 0.3) is 0 Å². The van der Waals surface area contributed by atoms with Crippen molar-refractivity contribution in [2.75, 3.05) is 17.2 Å². The molecule has 0 saturated carbocycles. The fraction of sp³-hybridized carbons (Fsp3) is 0.333. The van der Waals surface area contributed by atoms with E-state index >= 15 is 0 Å². The number of nitrogens with one attached hydrogen (secondary N) is 2. The van der Waals surface area contributed by atoms with Gasteiger partial charge < -0.3 is 15.5 Å². The highest BCUT2D eigenvalue weighted by Crippen LogP contribution is 2.22. The van der Waals surface area contributed by atoms with E-state index in [1.54, 1.807) is 35.2 Å². The van der Waals surface area contributed by atoms with Gasteiger partial charge in [0.2, 0.25) is 11.8 Å². The van der Waals surface area contributed by atoms with Crippen molar-refractivity contribution in [3.05, 3.63) is 53.7 Å². The molecule has 0 bridgehead atoms. The van der Waals surface area contributed by atoms with E-state index in [0.717, 1.165) is 5.69 Å². The molecule has 3 rings (SSSR count). The lowest BCUT2D eigenvalue weighted by molar-refractivity contribution is -0.129. The summed E-state index contributed by atoms with van der Waals surface area (Å²) in [6.45, 7) is 6.17. The zero-order valence-corrected chi connectivity index (χ0v) is 16.2. The van der Waals surface area contributed by atoms with E-state index in [2.05, 4.69) is 15.6 Å². The van der Waals surface area contributed by atoms with Crippen LogP contribution in [-0.4, -0.2) is 40.2 Å². The lowest BCUT2D eigenvalue weighted by Crippen LogP contribution is -2.33. The Balaban J connectivity index is 1.59. The average molecular weight is 380 g/mol. The molecular weight excluding hydrogens is 356 g/mol. The Hall–Kier alpha value is -3.22. The molecule has 2 N–H and O–H groups in total. The SMILES string of the molecule is Cc1cccc(NC(=O)c2ccc(NC(=O)C3CC(=O)N(C(C)C)C3)cc2)n1. The third kappa shape index (κ3) is 4.54. The summed E-state index contributed by atoms with van der Waals surface area (Å²) >= 11 is 0. The third-order valence-electron chi connectivity index (χ3n) is 4.70. The number of nitrogens with zero attached hydrogens (tertiary/aromatic N) is 2. The molecule has 1 aromatic heterocycles. The number of pyridine rings is 1. The van der Waals surface area contributed by atoms with E-state index in [4.69, 9.17) is 0 Å². The van der Waals surface area contributed by atoms with E-state index < -0.39 is 0 Å². The molecule has 1 aromatic carbocycles. The number of likely N-dealkylation sites (tertiary alicyclic amines) is 1. The zero-order chi connectivity index (χ0) is 20.3. The molecule has 146 valence electrons. The van der Waals surface area contributed by atoms with Crippen LogP contribution >= 0.6 is 0 Å². The van der Waals surface area contributed by atoms with Gasteiger partial charge in [0.1, 0.15) is 5.82 Å². The van der Waals surface area contributed by atoms with Crippen molar-refractivity contribution >= 4 is 29.2 Å². The van der Waals surface area contributed by atoms with Gasteiger partial charge in [-0.2, -0.15) is 0 Å². The smallest absolute Gasteiger partial charge is 0.256 e. The molecular formula is C21H24N4O3. The van der Waals surface area contributed by atoms with Crippen molar-refractivity contribution in [3.8, 4) is 0 Å². The van der Waals surface area contributed by atoms with Crippen LogP contribution in [0.4, 0.5) is 11.5 Å². The van der Waals surface area contributed by atoms with E-state index in [0.29, 0.717) is 23.6 Å². The van der Waals surface area contributed by atoms with Crippen LogP contribution in [0, 0.1) is 12.8 Å². The maximum Gasteiger partial charge on any atom is 0.256 e. The van der Waals surface area contributed by atoms with Gasteiger partial charge in [0.15, 0.2) is 0 Å². The summed E-state index contributed by atoms with van der Waals surface area (Å²) in [7, 11) is 0. The number of anilines is 2. The molecule has 1 fully saturated rings. The topological polar surface area (TPSA) is 91.4 Å². The van der Waals surface area contributed by atoms with Crippen molar-refractivity contribution in [3.63, 3.8) is 0 Å². The van der Waals surface area contributed by atoms with E-state index in [-0.39, 0.29) is 36.1 Å². The maximum atomic E-state index is 12.4. The minimum atomic E-state index is -0.356. The summed E-state index contributed by atoms with van der Waals surface area (Å²) in [4.78, 5) is 42.7. The van der Waals surface area contributed by atoms with Crippen LogP contribution in [0.3, 0.4) is 0 Å². The van der Waals surface area contributed by atoms with Crippen LogP contribution in [-0.2, 0) is 9.59 Å². The summed E-state index contributed by atoms with van der Waals surface area (Å²) in [5.74, 6) is -0.317. The summed E-state index contributed by atoms with van der Waals surface area (Å²) in [5, 5.41) is 5.57. The predicted octanol–water partition coefficient (Wildman–Crippen LogP) is 2.84. The zero-order valence-electron chi connectivity index (χ0n) is 16.2. The molecule has 3 amide bonds. The summed E-state index contributed by atoms with van der Waals surface area (Å²) in [6, 6.07) is 12.1. The van der Waals surface area contributed by atoms with Gasteiger partial charge in [-0.15, -0.1) is 0 Å². The lowest BCUT2D eigenvalue weighted by atomic mass is 10.1. The Bertz CT molecular complexity index is 893. The Morgan fingerprint density at radius 2 is 1.82 bits per heavy atom. The van der Waals surface area contributed by atoms with Crippen molar-refractivity contribution < 1.29 is 14.4 Å². The summed E-state index contributed by atoms with van der Waals surface area (Å²) in [5.41, 5.74) is 1.87. The Labute approximate surface area is 164 Å². The van der Waals surface area contributed by atoms with Crippen LogP contribution in [0.2, 0.25) is 0 Å². The number of aryl methyl sites for hydroxylation is 1. The lowest BCUT2D eigenvalue weighted by Gasteiger charge is -2.20. The van der Waals surface area contributed by atoms with Crippen molar-refractivity contribution in [1.82, 2.24) is 9.88 Å². The van der Waals surface area contributed by atoms with Crippen LogP contribution < -0.4 is 10.6 Å². The third-order valence-corrected chi connectivity index (χ3v) is 4.70. The van der Waals surface area contributed by atoms with Gasteiger partial charge in [0.25, 0.3) is 5.91 Å².